The summed E-state index contributed by atoms with van der Waals surface area (Å²) in [7, 11) is 0. The second-order valence-corrected chi connectivity index (χ2v) is 4.83. The molecule has 0 aliphatic carbocycles. The summed E-state index contributed by atoms with van der Waals surface area (Å²) in [6.07, 6.45) is 0.472. The predicted molar refractivity (Wildman–Crippen MR) is 53.7 cm³/mol. The van der Waals surface area contributed by atoms with E-state index in [0.29, 0.717) is 13.0 Å². The van der Waals surface area contributed by atoms with Gasteiger partial charge in [0.1, 0.15) is 15.2 Å². The molecule has 1 N–H and O–H groups in total. The van der Waals surface area contributed by atoms with Crippen LogP contribution in [0.15, 0.2) is 9.98 Å². The Bertz CT molecular complexity index is 317. The van der Waals surface area contributed by atoms with Crippen molar-refractivity contribution < 1.29 is 9.84 Å². The topological polar surface area (TPSA) is 42.4 Å². The van der Waals surface area contributed by atoms with E-state index >= 15 is 0 Å². The Kier molecular flexibility index (Phi) is 2.44. The monoisotopic (exact) mass is 263 g/mol. The van der Waals surface area contributed by atoms with Crippen molar-refractivity contribution in [3.8, 4) is 0 Å². The highest BCUT2D eigenvalue weighted by Crippen LogP contribution is 2.37. The first-order valence-electron chi connectivity index (χ1n) is 4.08. The Morgan fingerprint density at radius 3 is 3.08 bits per heavy atom. The second kappa shape index (κ2) is 3.31. The molecule has 1 saturated heterocycles. The van der Waals surface area contributed by atoms with E-state index in [9.17, 15) is 5.11 Å². The van der Waals surface area contributed by atoms with Gasteiger partial charge in [-0.15, -0.1) is 11.3 Å². The van der Waals surface area contributed by atoms with Crippen LogP contribution in [0.4, 0.5) is 0 Å². The first kappa shape index (κ1) is 9.58. The average molecular weight is 264 g/mol. The van der Waals surface area contributed by atoms with E-state index in [2.05, 4.69) is 20.9 Å². The van der Waals surface area contributed by atoms with Crippen LogP contribution < -0.4 is 0 Å². The van der Waals surface area contributed by atoms with Crippen molar-refractivity contribution in [2.75, 3.05) is 6.61 Å². The van der Waals surface area contributed by atoms with Gasteiger partial charge in [-0.25, -0.2) is 4.98 Å². The molecule has 0 aromatic carbocycles. The fourth-order valence-corrected chi connectivity index (χ4v) is 2.93. The third kappa shape index (κ3) is 1.54. The average Bonchev–Trinajstić information content (AvgIpc) is 2.62. The van der Waals surface area contributed by atoms with Gasteiger partial charge < -0.3 is 9.84 Å². The van der Waals surface area contributed by atoms with Crippen molar-refractivity contribution in [3.63, 3.8) is 0 Å². The Hall–Kier alpha value is 0.0300. The molecule has 1 aromatic heterocycles. The molecule has 2 unspecified atom stereocenters. The molecular formula is C8H10BrNO2S. The largest absolute Gasteiger partial charge is 0.380 e. The normalized spacial score (nSPS) is 33.9. The SMILES string of the molecule is CC1OCCC1(O)c1nc(Br)cs1. The van der Waals surface area contributed by atoms with Gasteiger partial charge in [0.15, 0.2) is 0 Å². The van der Waals surface area contributed by atoms with Crippen molar-refractivity contribution in [1.29, 1.82) is 0 Å². The molecule has 1 aliphatic rings. The van der Waals surface area contributed by atoms with Gasteiger partial charge in [-0.1, -0.05) is 0 Å². The lowest BCUT2D eigenvalue weighted by Crippen LogP contribution is -2.32. The Labute approximate surface area is 88.9 Å². The van der Waals surface area contributed by atoms with E-state index in [1.54, 1.807) is 0 Å². The summed E-state index contributed by atoms with van der Waals surface area (Å²) >= 11 is 4.73. The lowest BCUT2D eigenvalue weighted by molar-refractivity contribution is -0.0318. The highest BCUT2D eigenvalue weighted by molar-refractivity contribution is 9.10. The van der Waals surface area contributed by atoms with E-state index < -0.39 is 5.60 Å². The van der Waals surface area contributed by atoms with Crippen LogP contribution in [0.3, 0.4) is 0 Å². The van der Waals surface area contributed by atoms with Crippen LogP contribution in [0.2, 0.25) is 0 Å². The van der Waals surface area contributed by atoms with Gasteiger partial charge >= 0.3 is 0 Å². The standard InChI is InChI=1S/C8H10BrNO2S/c1-5-8(11,2-3-12-5)7-10-6(9)4-13-7/h4-5,11H,2-3H2,1H3. The molecule has 0 radical (unpaired) electrons. The zero-order valence-corrected chi connectivity index (χ0v) is 9.56. The smallest absolute Gasteiger partial charge is 0.144 e. The molecular weight excluding hydrogens is 254 g/mol. The Morgan fingerprint density at radius 2 is 2.62 bits per heavy atom. The van der Waals surface area contributed by atoms with Crippen LogP contribution >= 0.6 is 27.3 Å². The first-order chi connectivity index (χ1) is 6.13. The Morgan fingerprint density at radius 1 is 1.85 bits per heavy atom. The van der Waals surface area contributed by atoms with Gasteiger partial charge in [0.25, 0.3) is 0 Å². The quantitative estimate of drug-likeness (QED) is 0.842. The number of hydrogen-bond acceptors (Lipinski definition) is 4. The minimum absolute atomic E-state index is 0.162. The number of hydrogen-bond donors (Lipinski definition) is 1. The number of aliphatic hydroxyl groups is 1. The fourth-order valence-electron chi connectivity index (χ4n) is 1.47. The van der Waals surface area contributed by atoms with Crippen molar-refractivity contribution >= 4 is 27.3 Å². The molecule has 5 heteroatoms. The third-order valence-corrected chi connectivity index (χ3v) is 4.09. The maximum absolute atomic E-state index is 10.2. The molecule has 2 atom stereocenters. The number of ether oxygens (including phenoxy) is 1. The molecule has 1 aromatic rings. The fraction of sp³-hybridized carbons (Fsp3) is 0.625. The van der Waals surface area contributed by atoms with Crippen molar-refractivity contribution in [2.45, 2.75) is 25.0 Å². The number of halogens is 1. The van der Waals surface area contributed by atoms with Gasteiger partial charge in [-0.2, -0.15) is 0 Å². The summed E-state index contributed by atoms with van der Waals surface area (Å²) in [5.74, 6) is 0. The molecule has 0 spiro atoms. The number of thiazole rings is 1. The number of nitrogens with zero attached hydrogens (tertiary/aromatic N) is 1. The highest BCUT2D eigenvalue weighted by Gasteiger charge is 2.43. The maximum Gasteiger partial charge on any atom is 0.144 e. The van der Waals surface area contributed by atoms with Crippen LogP contribution in [0.1, 0.15) is 18.4 Å². The van der Waals surface area contributed by atoms with Crippen molar-refractivity contribution in [3.05, 3.63) is 15.0 Å². The van der Waals surface area contributed by atoms with Crippen LogP contribution in [0.25, 0.3) is 0 Å². The number of rotatable bonds is 1. The van der Waals surface area contributed by atoms with Crippen LogP contribution in [0.5, 0.6) is 0 Å². The van der Waals surface area contributed by atoms with E-state index in [1.807, 2.05) is 12.3 Å². The van der Waals surface area contributed by atoms with E-state index in [0.717, 1.165) is 9.61 Å². The van der Waals surface area contributed by atoms with E-state index in [4.69, 9.17) is 4.74 Å². The zero-order valence-electron chi connectivity index (χ0n) is 7.16. The van der Waals surface area contributed by atoms with Crippen LogP contribution in [0, 0.1) is 0 Å². The summed E-state index contributed by atoms with van der Waals surface area (Å²) in [5, 5.41) is 12.9. The molecule has 2 rings (SSSR count). The summed E-state index contributed by atoms with van der Waals surface area (Å²) < 4.78 is 6.11. The van der Waals surface area contributed by atoms with Gasteiger partial charge in [-0.3, -0.25) is 0 Å². The van der Waals surface area contributed by atoms with Crippen LogP contribution in [-0.2, 0) is 10.3 Å². The molecule has 0 amide bonds. The molecule has 0 saturated carbocycles. The minimum atomic E-state index is -0.878. The predicted octanol–water partition coefficient (Wildman–Crippen LogP) is 1.90. The van der Waals surface area contributed by atoms with E-state index in [1.165, 1.54) is 11.3 Å². The molecule has 2 heterocycles. The molecule has 1 fully saturated rings. The zero-order chi connectivity index (χ0) is 9.47. The van der Waals surface area contributed by atoms with Crippen LogP contribution in [-0.4, -0.2) is 22.8 Å². The summed E-state index contributed by atoms with van der Waals surface area (Å²) in [4.78, 5) is 4.22. The first-order valence-corrected chi connectivity index (χ1v) is 5.75. The van der Waals surface area contributed by atoms with Gasteiger partial charge in [-0.05, 0) is 22.9 Å². The van der Waals surface area contributed by atoms with Crippen molar-refractivity contribution in [1.82, 2.24) is 4.98 Å². The third-order valence-electron chi connectivity index (χ3n) is 2.37. The molecule has 0 bridgehead atoms. The van der Waals surface area contributed by atoms with Gasteiger partial charge in [0.2, 0.25) is 0 Å². The maximum atomic E-state index is 10.2. The lowest BCUT2D eigenvalue weighted by Gasteiger charge is -2.22. The second-order valence-electron chi connectivity index (χ2n) is 3.16. The molecule has 1 aliphatic heterocycles. The van der Waals surface area contributed by atoms with Gasteiger partial charge in [0.05, 0.1) is 12.7 Å². The minimum Gasteiger partial charge on any atom is -0.380 e. The summed E-state index contributed by atoms with van der Waals surface area (Å²) in [6.45, 7) is 2.48. The molecule has 13 heavy (non-hydrogen) atoms. The van der Waals surface area contributed by atoms with E-state index in [-0.39, 0.29) is 6.10 Å². The number of aromatic nitrogens is 1. The Balaban J connectivity index is 2.33. The lowest BCUT2D eigenvalue weighted by atomic mass is 9.98. The van der Waals surface area contributed by atoms with Crippen molar-refractivity contribution in [2.24, 2.45) is 0 Å². The molecule has 3 nitrogen and oxygen atoms in total. The summed E-state index contributed by atoms with van der Waals surface area (Å²) in [6, 6.07) is 0. The molecule has 72 valence electrons. The highest BCUT2D eigenvalue weighted by atomic mass is 79.9. The van der Waals surface area contributed by atoms with Gasteiger partial charge in [0, 0.05) is 11.8 Å². The summed E-state index contributed by atoms with van der Waals surface area (Å²) in [5.41, 5.74) is -0.878.